The van der Waals surface area contributed by atoms with E-state index in [9.17, 15) is 9.90 Å². The SMILES string of the molecule is Cc1cc(Cl)cc([C@H](N)CC(=O)O)c1O. The Balaban J connectivity index is 3.07. The summed E-state index contributed by atoms with van der Waals surface area (Å²) in [5.41, 5.74) is 6.58. The number of hydrogen-bond donors (Lipinski definition) is 3. The second-order valence-electron chi connectivity index (χ2n) is 3.36. The van der Waals surface area contributed by atoms with E-state index in [0.717, 1.165) is 0 Å². The van der Waals surface area contributed by atoms with Crippen LogP contribution in [0.3, 0.4) is 0 Å². The largest absolute Gasteiger partial charge is 0.507 e. The van der Waals surface area contributed by atoms with Gasteiger partial charge in [0.25, 0.3) is 0 Å². The molecular formula is C10H12ClNO3. The zero-order chi connectivity index (χ0) is 11.6. The van der Waals surface area contributed by atoms with Crippen molar-refractivity contribution < 1.29 is 15.0 Å². The Labute approximate surface area is 92.3 Å². The molecule has 0 aromatic heterocycles. The fourth-order valence-corrected chi connectivity index (χ4v) is 1.62. The molecule has 5 heteroatoms. The van der Waals surface area contributed by atoms with Gasteiger partial charge in [-0.25, -0.2) is 0 Å². The minimum absolute atomic E-state index is 0.00755. The number of carbonyl (C=O) groups is 1. The third-order valence-electron chi connectivity index (χ3n) is 2.09. The molecule has 0 bridgehead atoms. The number of carboxylic acid groups (broad SMARTS) is 1. The number of benzene rings is 1. The molecule has 0 aliphatic carbocycles. The number of aromatic hydroxyl groups is 1. The van der Waals surface area contributed by atoms with Gasteiger partial charge in [0.1, 0.15) is 5.75 Å². The number of phenolic OH excluding ortho intramolecular Hbond substituents is 1. The number of nitrogens with two attached hydrogens (primary N) is 1. The van der Waals surface area contributed by atoms with Crippen LogP contribution in [0.2, 0.25) is 5.02 Å². The van der Waals surface area contributed by atoms with Crippen LogP contribution in [0, 0.1) is 6.92 Å². The summed E-state index contributed by atoms with van der Waals surface area (Å²) in [4.78, 5) is 10.5. The van der Waals surface area contributed by atoms with Gasteiger partial charge in [-0.3, -0.25) is 4.79 Å². The number of aryl methyl sites for hydroxylation is 1. The van der Waals surface area contributed by atoms with E-state index < -0.39 is 12.0 Å². The first kappa shape index (κ1) is 11.8. The van der Waals surface area contributed by atoms with E-state index in [-0.39, 0.29) is 12.2 Å². The van der Waals surface area contributed by atoms with Crippen molar-refractivity contribution in [1.29, 1.82) is 0 Å². The second kappa shape index (κ2) is 4.51. The predicted molar refractivity (Wildman–Crippen MR) is 57.0 cm³/mol. The molecule has 15 heavy (non-hydrogen) atoms. The Morgan fingerprint density at radius 1 is 1.60 bits per heavy atom. The van der Waals surface area contributed by atoms with E-state index in [1.54, 1.807) is 13.0 Å². The molecule has 1 aromatic rings. The van der Waals surface area contributed by atoms with Gasteiger partial charge in [-0.2, -0.15) is 0 Å². The van der Waals surface area contributed by atoms with Gasteiger partial charge in [0.15, 0.2) is 0 Å². The van der Waals surface area contributed by atoms with Crippen molar-refractivity contribution >= 4 is 17.6 Å². The normalized spacial score (nSPS) is 12.5. The fraction of sp³-hybridized carbons (Fsp3) is 0.300. The number of halogens is 1. The quantitative estimate of drug-likeness (QED) is 0.738. The van der Waals surface area contributed by atoms with Crippen LogP contribution in [0.5, 0.6) is 5.75 Å². The predicted octanol–water partition coefficient (Wildman–Crippen LogP) is 1.83. The molecular weight excluding hydrogens is 218 g/mol. The van der Waals surface area contributed by atoms with Crippen LogP contribution in [-0.2, 0) is 4.79 Å². The molecule has 0 spiro atoms. The topological polar surface area (TPSA) is 83.6 Å². The lowest BCUT2D eigenvalue weighted by atomic mass is 10.0. The van der Waals surface area contributed by atoms with Crippen LogP contribution < -0.4 is 5.73 Å². The highest BCUT2D eigenvalue weighted by molar-refractivity contribution is 6.30. The van der Waals surface area contributed by atoms with E-state index in [0.29, 0.717) is 16.1 Å². The fourth-order valence-electron chi connectivity index (χ4n) is 1.34. The van der Waals surface area contributed by atoms with Gasteiger partial charge in [-0.15, -0.1) is 0 Å². The van der Waals surface area contributed by atoms with Gasteiger partial charge in [0.2, 0.25) is 0 Å². The van der Waals surface area contributed by atoms with Crippen molar-refractivity contribution in [3.63, 3.8) is 0 Å². The lowest BCUT2D eigenvalue weighted by Crippen LogP contribution is -2.15. The third-order valence-corrected chi connectivity index (χ3v) is 2.31. The first-order chi connectivity index (χ1) is 6.91. The van der Waals surface area contributed by atoms with Crippen molar-refractivity contribution in [2.45, 2.75) is 19.4 Å². The maximum atomic E-state index is 10.5. The summed E-state index contributed by atoms with van der Waals surface area (Å²) in [7, 11) is 0. The van der Waals surface area contributed by atoms with Crippen LogP contribution in [-0.4, -0.2) is 16.2 Å². The Morgan fingerprint density at radius 2 is 2.20 bits per heavy atom. The van der Waals surface area contributed by atoms with Crippen molar-refractivity contribution in [3.05, 3.63) is 28.3 Å². The lowest BCUT2D eigenvalue weighted by molar-refractivity contribution is -0.137. The summed E-state index contributed by atoms with van der Waals surface area (Å²) in [5, 5.41) is 18.7. The highest BCUT2D eigenvalue weighted by Crippen LogP contribution is 2.31. The second-order valence-corrected chi connectivity index (χ2v) is 3.80. The lowest BCUT2D eigenvalue weighted by Gasteiger charge is -2.13. The summed E-state index contributed by atoms with van der Waals surface area (Å²) in [6.45, 7) is 1.68. The number of hydrogen-bond acceptors (Lipinski definition) is 3. The Morgan fingerprint density at radius 3 is 2.73 bits per heavy atom. The molecule has 4 N–H and O–H groups in total. The van der Waals surface area contributed by atoms with E-state index in [2.05, 4.69) is 0 Å². The minimum atomic E-state index is -1.01. The molecule has 0 heterocycles. The first-order valence-corrected chi connectivity index (χ1v) is 4.76. The zero-order valence-electron chi connectivity index (χ0n) is 8.20. The molecule has 82 valence electrons. The molecule has 1 aromatic carbocycles. The molecule has 0 saturated carbocycles. The molecule has 0 unspecified atom stereocenters. The van der Waals surface area contributed by atoms with Crippen molar-refractivity contribution in [2.75, 3.05) is 0 Å². The van der Waals surface area contributed by atoms with E-state index in [4.69, 9.17) is 22.4 Å². The summed E-state index contributed by atoms with van der Waals surface area (Å²) < 4.78 is 0. The zero-order valence-corrected chi connectivity index (χ0v) is 8.95. The summed E-state index contributed by atoms with van der Waals surface area (Å²) >= 11 is 5.79. The summed E-state index contributed by atoms with van der Waals surface area (Å²) in [6.07, 6.45) is -0.243. The minimum Gasteiger partial charge on any atom is -0.507 e. The van der Waals surface area contributed by atoms with Crippen LogP contribution in [0.25, 0.3) is 0 Å². The molecule has 0 radical (unpaired) electrons. The Kier molecular flexibility index (Phi) is 3.55. The Bertz CT molecular complexity index is 392. The highest BCUT2D eigenvalue weighted by atomic mass is 35.5. The molecule has 0 aliphatic heterocycles. The summed E-state index contributed by atoms with van der Waals surface area (Å²) in [6, 6.07) is 2.32. The van der Waals surface area contributed by atoms with Crippen LogP contribution in [0.4, 0.5) is 0 Å². The highest BCUT2D eigenvalue weighted by Gasteiger charge is 2.16. The van der Waals surface area contributed by atoms with Gasteiger partial charge in [-0.1, -0.05) is 11.6 Å². The first-order valence-electron chi connectivity index (χ1n) is 4.38. The monoisotopic (exact) mass is 229 g/mol. The van der Waals surface area contributed by atoms with Crippen LogP contribution in [0.1, 0.15) is 23.6 Å². The average molecular weight is 230 g/mol. The summed E-state index contributed by atoms with van der Waals surface area (Å²) in [5.74, 6) is -1.01. The molecule has 1 atom stereocenters. The standard InChI is InChI=1S/C10H12ClNO3/c1-5-2-6(11)3-7(10(5)15)8(12)4-9(13)14/h2-3,8,15H,4,12H2,1H3,(H,13,14)/t8-/m1/s1. The van der Waals surface area contributed by atoms with Gasteiger partial charge in [0.05, 0.1) is 6.42 Å². The van der Waals surface area contributed by atoms with Gasteiger partial charge < -0.3 is 15.9 Å². The molecule has 1 rings (SSSR count). The van der Waals surface area contributed by atoms with Crippen molar-refractivity contribution in [3.8, 4) is 5.75 Å². The molecule has 4 nitrogen and oxygen atoms in total. The number of phenols is 1. The van der Waals surface area contributed by atoms with Crippen molar-refractivity contribution in [2.24, 2.45) is 5.73 Å². The van der Waals surface area contributed by atoms with Crippen LogP contribution >= 0.6 is 11.6 Å². The smallest absolute Gasteiger partial charge is 0.305 e. The molecule has 0 amide bonds. The maximum Gasteiger partial charge on any atom is 0.305 e. The van der Waals surface area contributed by atoms with Crippen LogP contribution in [0.15, 0.2) is 12.1 Å². The third kappa shape index (κ3) is 2.84. The van der Waals surface area contributed by atoms with Gasteiger partial charge in [-0.05, 0) is 24.6 Å². The molecule has 0 fully saturated rings. The van der Waals surface area contributed by atoms with Gasteiger partial charge >= 0.3 is 5.97 Å². The maximum absolute atomic E-state index is 10.5. The number of aliphatic carboxylic acids is 1. The number of rotatable bonds is 3. The average Bonchev–Trinajstić information content (AvgIpc) is 2.09. The van der Waals surface area contributed by atoms with E-state index in [1.165, 1.54) is 6.07 Å². The molecule has 0 saturated heterocycles. The Hall–Kier alpha value is -1.26. The number of carboxylic acids is 1. The van der Waals surface area contributed by atoms with E-state index >= 15 is 0 Å². The van der Waals surface area contributed by atoms with Gasteiger partial charge in [0, 0.05) is 16.6 Å². The van der Waals surface area contributed by atoms with Crippen molar-refractivity contribution in [1.82, 2.24) is 0 Å². The molecule has 0 aliphatic rings. The van der Waals surface area contributed by atoms with E-state index in [1.807, 2.05) is 0 Å².